The van der Waals surface area contributed by atoms with Crippen LogP contribution in [0.1, 0.15) is 0 Å². The smallest absolute Gasteiger partial charge is 0.241 e. The van der Waals surface area contributed by atoms with E-state index in [1.807, 2.05) is 0 Å². The summed E-state index contributed by atoms with van der Waals surface area (Å²) in [6.45, 7) is 0. The Labute approximate surface area is 118 Å². The van der Waals surface area contributed by atoms with Gasteiger partial charge in [-0.05, 0) is 46.3 Å². The predicted molar refractivity (Wildman–Crippen MR) is 72.0 cm³/mol. The van der Waals surface area contributed by atoms with Gasteiger partial charge in [0.2, 0.25) is 10.0 Å². The molecule has 0 aromatic heterocycles. The average molecular weight is 346 g/mol. The van der Waals surface area contributed by atoms with Crippen molar-refractivity contribution in [3.8, 4) is 11.5 Å². The van der Waals surface area contributed by atoms with Gasteiger partial charge in [-0.25, -0.2) is 17.9 Å². The van der Waals surface area contributed by atoms with Crippen molar-refractivity contribution in [2.45, 2.75) is 4.90 Å². The molecule has 0 spiro atoms. The molecule has 0 aliphatic heterocycles. The highest BCUT2D eigenvalue weighted by Crippen LogP contribution is 2.30. The van der Waals surface area contributed by atoms with Crippen LogP contribution in [-0.2, 0) is 10.0 Å². The van der Waals surface area contributed by atoms with Crippen LogP contribution in [0.4, 0.5) is 4.39 Å². The monoisotopic (exact) mass is 345 g/mol. The van der Waals surface area contributed by atoms with Crippen molar-refractivity contribution < 1.29 is 17.5 Å². The molecule has 100 valence electrons. The number of hydrogen-bond acceptors (Lipinski definition) is 3. The molecule has 0 radical (unpaired) electrons. The van der Waals surface area contributed by atoms with E-state index in [0.29, 0.717) is 5.75 Å². The number of rotatable bonds is 3. The molecule has 2 aromatic carbocycles. The van der Waals surface area contributed by atoms with Crippen LogP contribution < -0.4 is 9.88 Å². The average Bonchev–Trinajstić information content (AvgIpc) is 2.33. The van der Waals surface area contributed by atoms with Crippen molar-refractivity contribution in [1.29, 1.82) is 0 Å². The molecule has 0 atom stereocenters. The van der Waals surface area contributed by atoms with Crippen LogP contribution in [0.3, 0.4) is 0 Å². The summed E-state index contributed by atoms with van der Waals surface area (Å²) in [5.41, 5.74) is 0. The topological polar surface area (TPSA) is 69.4 Å². The van der Waals surface area contributed by atoms with Crippen LogP contribution in [0.5, 0.6) is 11.5 Å². The van der Waals surface area contributed by atoms with Crippen molar-refractivity contribution in [3.63, 3.8) is 0 Å². The first-order valence-electron chi connectivity index (χ1n) is 5.12. The van der Waals surface area contributed by atoms with Crippen molar-refractivity contribution in [2.75, 3.05) is 0 Å². The van der Waals surface area contributed by atoms with Crippen LogP contribution in [0.15, 0.2) is 51.8 Å². The summed E-state index contributed by atoms with van der Waals surface area (Å²) in [4.78, 5) is -0.129. The third-order valence-electron chi connectivity index (χ3n) is 2.27. The van der Waals surface area contributed by atoms with E-state index < -0.39 is 15.8 Å². The lowest BCUT2D eigenvalue weighted by molar-refractivity contribution is 0.465. The molecule has 0 aliphatic rings. The highest BCUT2D eigenvalue weighted by molar-refractivity contribution is 9.10. The molecule has 0 heterocycles. The Bertz CT molecular complexity index is 719. The summed E-state index contributed by atoms with van der Waals surface area (Å²) < 4.78 is 41.5. The lowest BCUT2D eigenvalue weighted by atomic mass is 10.3. The van der Waals surface area contributed by atoms with E-state index in [4.69, 9.17) is 9.88 Å². The molecule has 2 aromatic rings. The van der Waals surface area contributed by atoms with Crippen LogP contribution in [0.25, 0.3) is 0 Å². The van der Waals surface area contributed by atoms with Gasteiger partial charge in [-0.1, -0.05) is 12.1 Å². The van der Waals surface area contributed by atoms with E-state index in [1.54, 1.807) is 6.07 Å². The van der Waals surface area contributed by atoms with Gasteiger partial charge >= 0.3 is 0 Å². The second kappa shape index (κ2) is 5.28. The fraction of sp³-hybridized carbons (Fsp3) is 0. The molecule has 2 N–H and O–H groups in total. The molecule has 0 saturated heterocycles. The lowest BCUT2D eigenvalue weighted by Crippen LogP contribution is -2.13. The van der Waals surface area contributed by atoms with E-state index in [9.17, 15) is 12.8 Å². The molecule has 0 fully saturated rings. The molecule has 0 bridgehead atoms. The van der Waals surface area contributed by atoms with Crippen molar-refractivity contribution in [1.82, 2.24) is 0 Å². The molecule has 0 unspecified atom stereocenters. The van der Waals surface area contributed by atoms with Gasteiger partial charge in [0.25, 0.3) is 0 Å². The molecule has 19 heavy (non-hydrogen) atoms. The zero-order valence-corrected chi connectivity index (χ0v) is 11.9. The summed E-state index contributed by atoms with van der Waals surface area (Å²) in [6, 6.07) is 9.95. The predicted octanol–water partition coefficient (Wildman–Crippen LogP) is 3.03. The van der Waals surface area contributed by atoms with Gasteiger partial charge in [-0.3, -0.25) is 0 Å². The minimum absolute atomic E-state index is 0.0866. The standard InChI is InChI=1S/C12H9BrFNO3S/c13-9-7-8(5-6-10(9)14)18-11-3-1-2-4-12(11)19(15,16)17/h1-7H,(H2,15,16,17). The summed E-state index contributed by atoms with van der Waals surface area (Å²) in [5.74, 6) is -0.0556. The minimum Gasteiger partial charge on any atom is -0.456 e. The Kier molecular flexibility index (Phi) is 3.88. The van der Waals surface area contributed by atoms with Gasteiger partial charge in [0.1, 0.15) is 22.2 Å². The van der Waals surface area contributed by atoms with Gasteiger partial charge in [0, 0.05) is 0 Å². The van der Waals surface area contributed by atoms with Crippen molar-refractivity contribution >= 4 is 26.0 Å². The maximum Gasteiger partial charge on any atom is 0.241 e. The molecule has 4 nitrogen and oxygen atoms in total. The summed E-state index contributed by atoms with van der Waals surface area (Å²) in [5, 5.41) is 5.09. The fourth-order valence-electron chi connectivity index (χ4n) is 1.44. The molecule has 7 heteroatoms. The number of benzene rings is 2. The first kappa shape index (κ1) is 14.0. The van der Waals surface area contributed by atoms with Crippen LogP contribution in [0.2, 0.25) is 0 Å². The highest BCUT2D eigenvalue weighted by Gasteiger charge is 2.15. The second-order valence-electron chi connectivity index (χ2n) is 3.67. The first-order chi connectivity index (χ1) is 8.88. The van der Waals surface area contributed by atoms with Gasteiger partial charge in [-0.15, -0.1) is 0 Å². The Morgan fingerprint density at radius 1 is 1.16 bits per heavy atom. The zero-order valence-electron chi connectivity index (χ0n) is 9.51. The maximum atomic E-state index is 13.1. The Balaban J connectivity index is 2.41. The molecule has 2 rings (SSSR count). The SMILES string of the molecule is NS(=O)(=O)c1ccccc1Oc1ccc(F)c(Br)c1. The fourth-order valence-corrected chi connectivity index (χ4v) is 2.45. The number of sulfonamides is 1. The lowest BCUT2D eigenvalue weighted by Gasteiger charge is -2.09. The molecule has 0 aliphatic carbocycles. The van der Waals surface area contributed by atoms with Crippen LogP contribution in [0, 0.1) is 5.82 Å². The molecule has 0 amide bonds. The summed E-state index contributed by atoms with van der Waals surface area (Å²) >= 11 is 3.02. The van der Waals surface area contributed by atoms with Gasteiger partial charge in [0.15, 0.2) is 0 Å². The number of ether oxygens (including phenoxy) is 1. The van der Waals surface area contributed by atoms with Crippen molar-refractivity contribution in [2.24, 2.45) is 5.14 Å². The first-order valence-corrected chi connectivity index (χ1v) is 7.46. The summed E-state index contributed by atoms with van der Waals surface area (Å²) in [7, 11) is -3.88. The van der Waals surface area contributed by atoms with E-state index in [0.717, 1.165) is 0 Å². The number of halogens is 2. The normalized spacial score (nSPS) is 11.3. The second-order valence-corrected chi connectivity index (χ2v) is 6.05. The Morgan fingerprint density at radius 3 is 2.47 bits per heavy atom. The van der Waals surface area contributed by atoms with Gasteiger partial charge < -0.3 is 4.74 Å². The van der Waals surface area contributed by atoms with E-state index in [-0.39, 0.29) is 15.1 Å². The van der Waals surface area contributed by atoms with Gasteiger partial charge in [-0.2, -0.15) is 0 Å². The third kappa shape index (κ3) is 3.31. The minimum atomic E-state index is -3.88. The Morgan fingerprint density at radius 2 is 1.84 bits per heavy atom. The van der Waals surface area contributed by atoms with Crippen LogP contribution >= 0.6 is 15.9 Å². The highest BCUT2D eigenvalue weighted by atomic mass is 79.9. The number of para-hydroxylation sites is 1. The number of primary sulfonamides is 1. The van der Waals surface area contributed by atoms with Crippen LogP contribution in [-0.4, -0.2) is 8.42 Å². The largest absolute Gasteiger partial charge is 0.456 e. The zero-order chi connectivity index (χ0) is 14.0. The maximum absolute atomic E-state index is 13.1. The van der Waals surface area contributed by atoms with E-state index in [1.165, 1.54) is 36.4 Å². The summed E-state index contributed by atoms with van der Waals surface area (Å²) in [6.07, 6.45) is 0. The van der Waals surface area contributed by atoms with Crippen molar-refractivity contribution in [3.05, 3.63) is 52.8 Å². The molecule has 0 saturated carbocycles. The van der Waals surface area contributed by atoms with E-state index in [2.05, 4.69) is 15.9 Å². The van der Waals surface area contributed by atoms with E-state index >= 15 is 0 Å². The number of nitrogens with two attached hydrogens (primary N) is 1. The molecular formula is C12H9BrFNO3S. The Hall–Kier alpha value is -1.44. The quantitative estimate of drug-likeness (QED) is 0.929. The van der Waals surface area contributed by atoms with Gasteiger partial charge in [0.05, 0.1) is 4.47 Å². The number of hydrogen-bond donors (Lipinski definition) is 1. The third-order valence-corrected chi connectivity index (χ3v) is 3.83. The molecular weight excluding hydrogens is 337 g/mol.